The second-order valence-corrected chi connectivity index (χ2v) is 10.3. The number of carboxylic acid groups (broad SMARTS) is 1. The summed E-state index contributed by atoms with van der Waals surface area (Å²) in [6.45, 7) is 0.481. The Bertz CT molecular complexity index is 1340. The molecule has 1 saturated carbocycles. The van der Waals surface area contributed by atoms with Gasteiger partial charge in [0.05, 0.1) is 22.3 Å². The molecule has 34 heavy (non-hydrogen) atoms. The largest absolute Gasteiger partial charge is 0.477 e. The lowest BCUT2D eigenvalue weighted by molar-refractivity contribution is 0.0694. The molecule has 1 spiro atoms. The molecule has 10 heteroatoms. The maximum atomic E-state index is 15.6. The molecule has 1 fully saturated rings. The molecular weight excluding hydrogens is 457 g/mol. The molecule has 2 aliphatic rings. The number of nitrogen functional groups attached to an aromatic ring is 1. The summed E-state index contributed by atoms with van der Waals surface area (Å²) in [7, 11) is 1.92. The van der Waals surface area contributed by atoms with Gasteiger partial charge in [-0.15, -0.1) is 0 Å². The lowest BCUT2D eigenvalue weighted by Crippen LogP contribution is -2.33. The van der Waals surface area contributed by atoms with Crippen LogP contribution < -0.4 is 16.5 Å². The molecule has 5 rings (SSSR count). The van der Waals surface area contributed by atoms with Gasteiger partial charge in [0.15, 0.2) is 11.0 Å². The molecule has 0 unspecified atom stereocenters. The standard InChI is InChI=1S/C24H28FN5O3S/c1-29-11-9-28-23(29)34-12-10-27-19-14-5-4-8-24(6-2-3-7-24)30-13-15(22(32)33)21(31)16(20(14)30)18(26)17(19)25/h9,11,13,27H,2-8,10,12,26H2,1H3,(H,32,33). The van der Waals surface area contributed by atoms with Crippen LogP contribution in [0.25, 0.3) is 10.9 Å². The van der Waals surface area contributed by atoms with Crippen molar-refractivity contribution in [2.75, 3.05) is 23.3 Å². The van der Waals surface area contributed by atoms with Gasteiger partial charge in [-0.1, -0.05) is 24.6 Å². The number of pyridine rings is 1. The van der Waals surface area contributed by atoms with Gasteiger partial charge < -0.3 is 25.3 Å². The summed E-state index contributed by atoms with van der Waals surface area (Å²) in [4.78, 5) is 29.4. The molecule has 0 saturated heterocycles. The molecule has 3 heterocycles. The van der Waals surface area contributed by atoms with E-state index in [1.165, 1.54) is 6.20 Å². The van der Waals surface area contributed by atoms with Gasteiger partial charge in [-0.3, -0.25) is 4.79 Å². The fourth-order valence-corrected chi connectivity index (χ4v) is 6.45. The average Bonchev–Trinajstić information content (AvgIpc) is 3.41. The quantitative estimate of drug-likeness (QED) is 0.275. The van der Waals surface area contributed by atoms with Crippen molar-refractivity contribution >= 4 is 40.0 Å². The summed E-state index contributed by atoms with van der Waals surface area (Å²) < 4.78 is 19.5. The van der Waals surface area contributed by atoms with Crippen LogP contribution in [0.2, 0.25) is 0 Å². The lowest BCUT2D eigenvalue weighted by atomic mass is 9.90. The number of benzene rings is 1. The fourth-order valence-electron chi connectivity index (χ4n) is 5.66. The van der Waals surface area contributed by atoms with Gasteiger partial charge in [0, 0.05) is 49.0 Å². The maximum Gasteiger partial charge on any atom is 0.341 e. The van der Waals surface area contributed by atoms with Crippen molar-refractivity contribution in [3.63, 3.8) is 0 Å². The SMILES string of the molecule is Cn1ccnc1SCCNc1c(F)c(N)c2c(=O)c(C(=O)O)cn3c2c1CCCC31CCCC1. The van der Waals surface area contributed by atoms with Crippen LogP contribution in [0.1, 0.15) is 54.4 Å². The molecule has 3 aromatic rings. The molecule has 8 nitrogen and oxygen atoms in total. The van der Waals surface area contributed by atoms with Crippen LogP contribution in [0.4, 0.5) is 15.8 Å². The Balaban J connectivity index is 1.64. The third kappa shape index (κ3) is 3.55. The first-order chi connectivity index (χ1) is 16.3. The molecule has 1 aliphatic heterocycles. The van der Waals surface area contributed by atoms with E-state index >= 15 is 4.39 Å². The first kappa shape index (κ1) is 22.8. The molecule has 1 aromatic carbocycles. The molecule has 0 amide bonds. The Kier molecular flexibility index (Phi) is 5.79. The number of nitrogens with one attached hydrogen (secondary N) is 1. The molecule has 180 valence electrons. The van der Waals surface area contributed by atoms with Crippen LogP contribution in [-0.4, -0.2) is 37.5 Å². The number of aromatic carboxylic acids is 1. The molecule has 0 atom stereocenters. The average molecular weight is 486 g/mol. The van der Waals surface area contributed by atoms with Crippen LogP contribution in [0.3, 0.4) is 0 Å². The summed E-state index contributed by atoms with van der Waals surface area (Å²) in [5, 5.41) is 13.8. The van der Waals surface area contributed by atoms with Crippen molar-refractivity contribution in [1.82, 2.24) is 14.1 Å². The highest BCUT2D eigenvalue weighted by molar-refractivity contribution is 7.99. The zero-order valence-corrected chi connectivity index (χ0v) is 19.9. The van der Waals surface area contributed by atoms with Crippen molar-refractivity contribution in [3.8, 4) is 0 Å². The zero-order chi connectivity index (χ0) is 24.0. The number of carbonyl (C=O) groups is 1. The van der Waals surface area contributed by atoms with Crippen molar-refractivity contribution in [2.24, 2.45) is 7.05 Å². The van der Waals surface area contributed by atoms with Crippen molar-refractivity contribution in [2.45, 2.75) is 55.6 Å². The summed E-state index contributed by atoms with van der Waals surface area (Å²) >= 11 is 1.56. The number of anilines is 2. The number of fused-ring (bicyclic) bond motifs is 1. The van der Waals surface area contributed by atoms with Crippen LogP contribution in [0.15, 0.2) is 28.5 Å². The van der Waals surface area contributed by atoms with Crippen LogP contribution >= 0.6 is 11.8 Å². The molecule has 0 radical (unpaired) electrons. The minimum atomic E-state index is -1.32. The van der Waals surface area contributed by atoms with Gasteiger partial charge in [-0.05, 0) is 32.1 Å². The Morgan fingerprint density at radius 2 is 2.06 bits per heavy atom. The first-order valence-electron chi connectivity index (χ1n) is 11.6. The predicted octanol–water partition coefficient (Wildman–Crippen LogP) is 3.96. The van der Waals surface area contributed by atoms with Crippen molar-refractivity contribution in [1.29, 1.82) is 0 Å². The molecular formula is C24H28FN5O3S. The van der Waals surface area contributed by atoms with E-state index in [1.54, 1.807) is 18.0 Å². The summed E-state index contributed by atoms with van der Waals surface area (Å²) in [6.07, 6.45) is 11.2. The smallest absolute Gasteiger partial charge is 0.341 e. The van der Waals surface area contributed by atoms with E-state index in [0.29, 0.717) is 35.5 Å². The van der Waals surface area contributed by atoms with E-state index in [4.69, 9.17) is 5.73 Å². The maximum absolute atomic E-state index is 15.6. The Labute approximate surface area is 200 Å². The number of thioether (sulfide) groups is 1. The van der Waals surface area contributed by atoms with Gasteiger partial charge in [0.1, 0.15) is 5.56 Å². The number of nitrogens with two attached hydrogens (primary N) is 1. The van der Waals surface area contributed by atoms with E-state index < -0.39 is 17.2 Å². The van der Waals surface area contributed by atoms with E-state index in [-0.39, 0.29) is 22.2 Å². The van der Waals surface area contributed by atoms with Gasteiger partial charge in [0.25, 0.3) is 0 Å². The number of aryl methyl sites for hydroxylation is 2. The first-order valence-corrected chi connectivity index (χ1v) is 12.6. The normalized spacial score (nSPS) is 16.8. The Hall–Kier alpha value is -3.01. The highest BCUT2D eigenvalue weighted by atomic mass is 32.2. The Morgan fingerprint density at radius 1 is 1.32 bits per heavy atom. The lowest BCUT2D eigenvalue weighted by Gasteiger charge is -2.33. The number of nitrogens with zero attached hydrogens (tertiary/aromatic N) is 3. The molecule has 4 N–H and O–H groups in total. The van der Waals surface area contributed by atoms with Crippen LogP contribution in [0.5, 0.6) is 0 Å². The highest BCUT2D eigenvalue weighted by Gasteiger charge is 2.40. The van der Waals surface area contributed by atoms with E-state index in [2.05, 4.69) is 10.3 Å². The number of hydrogen-bond donors (Lipinski definition) is 3. The number of aromatic nitrogens is 3. The van der Waals surface area contributed by atoms with Gasteiger partial charge in [0.2, 0.25) is 5.43 Å². The summed E-state index contributed by atoms with van der Waals surface area (Å²) in [5.41, 5.74) is 6.20. The third-order valence-electron chi connectivity index (χ3n) is 7.28. The van der Waals surface area contributed by atoms with Crippen LogP contribution in [0, 0.1) is 5.82 Å². The van der Waals surface area contributed by atoms with E-state index in [0.717, 1.165) is 43.7 Å². The minimum absolute atomic E-state index is 0.00601. The van der Waals surface area contributed by atoms with Crippen LogP contribution in [-0.2, 0) is 19.0 Å². The number of carboxylic acids is 1. The zero-order valence-electron chi connectivity index (χ0n) is 19.1. The van der Waals surface area contributed by atoms with Crippen molar-refractivity contribution in [3.05, 3.63) is 45.8 Å². The highest BCUT2D eigenvalue weighted by Crippen LogP contribution is 2.47. The second-order valence-electron chi connectivity index (χ2n) is 9.23. The Morgan fingerprint density at radius 3 is 2.74 bits per heavy atom. The monoisotopic (exact) mass is 485 g/mol. The third-order valence-corrected chi connectivity index (χ3v) is 8.34. The molecule has 1 aliphatic carbocycles. The molecule has 0 bridgehead atoms. The summed E-state index contributed by atoms with van der Waals surface area (Å²) in [5.74, 6) is -1.34. The number of hydrogen-bond acceptors (Lipinski definition) is 6. The number of rotatable bonds is 6. The number of imidazole rings is 1. The van der Waals surface area contributed by atoms with Gasteiger partial charge >= 0.3 is 5.97 Å². The van der Waals surface area contributed by atoms with E-state index in [1.807, 2.05) is 22.4 Å². The minimum Gasteiger partial charge on any atom is -0.477 e. The fraction of sp³-hybridized carbons (Fsp3) is 0.458. The predicted molar refractivity (Wildman–Crippen MR) is 131 cm³/mol. The van der Waals surface area contributed by atoms with E-state index in [9.17, 15) is 14.7 Å². The van der Waals surface area contributed by atoms with Gasteiger partial charge in [-0.2, -0.15) is 0 Å². The molecule has 2 aromatic heterocycles. The number of halogens is 1. The second kappa shape index (κ2) is 8.65. The van der Waals surface area contributed by atoms with Gasteiger partial charge in [-0.25, -0.2) is 14.2 Å². The summed E-state index contributed by atoms with van der Waals surface area (Å²) in [6, 6.07) is 0. The topological polar surface area (TPSA) is 115 Å². The van der Waals surface area contributed by atoms with Crippen molar-refractivity contribution < 1.29 is 14.3 Å².